The van der Waals surface area contributed by atoms with Crippen molar-refractivity contribution in [3.63, 3.8) is 0 Å². The van der Waals surface area contributed by atoms with E-state index in [-0.39, 0.29) is 11.9 Å². The van der Waals surface area contributed by atoms with Crippen LogP contribution in [0.3, 0.4) is 0 Å². The number of nitrogens with one attached hydrogen (secondary N) is 1. The third-order valence-electron chi connectivity index (χ3n) is 4.58. The normalized spacial score (nSPS) is 16.1. The summed E-state index contributed by atoms with van der Waals surface area (Å²) in [5, 5.41) is 3.06. The fourth-order valence-corrected chi connectivity index (χ4v) is 3.26. The van der Waals surface area contributed by atoms with Gasteiger partial charge in [0.2, 0.25) is 0 Å². The van der Waals surface area contributed by atoms with Crippen molar-refractivity contribution in [2.24, 2.45) is 0 Å². The van der Waals surface area contributed by atoms with E-state index in [1.54, 1.807) is 12.4 Å². The first-order chi connectivity index (χ1) is 12.8. The second-order valence-corrected chi connectivity index (χ2v) is 6.23. The Kier molecular flexibility index (Phi) is 4.43. The van der Waals surface area contributed by atoms with Gasteiger partial charge in [-0.1, -0.05) is 6.92 Å². The summed E-state index contributed by atoms with van der Waals surface area (Å²) >= 11 is 0. The second kappa shape index (κ2) is 7.03. The number of hydrogen-bond donors (Lipinski definition) is 1. The number of fused-ring (bicyclic) bond motifs is 1. The van der Waals surface area contributed by atoms with E-state index in [9.17, 15) is 4.79 Å². The summed E-state index contributed by atoms with van der Waals surface area (Å²) in [6, 6.07) is 3.69. The molecule has 1 atom stereocenters. The third-order valence-corrected chi connectivity index (χ3v) is 4.58. The molecule has 26 heavy (non-hydrogen) atoms. The highest BCUT2D eigenvalue weighted by atomic mass is 16.3. The van der Waals surface area contributed by atoms with Gasteiger partial charge in [0.15, 0.2) is 17.9 Å². The molecule has 3 aromatic rings. The predicted molar refractivity (Wildman–Crippen MR) is 94.3 cm³/mol. The Balaban J connectivity index is 1.59. The predicted octanol–water partition coefficient (Wildman–Crippen LogP) is 2.90. The van der Waals surface area contributed by atoms with E-state index in [0.29, 0.717) is 23.7 Å². The molecule has 0 bridgehead atoms. The Bertz CT molecular complexity index is 923. The molecule has 7 heteroatoms. The summed E-state index contributed by atoms with van der Waals surface area (Å²) in [7, 11) is 0. The van der Waals surface area contributed by atoms with Crippen molar-refractivity contribution in [2.75, 3.05) is 0 Å². The van der Waals surface area contributed by atoms with Gasteiger partial charge in [-0.2, -0.15) is 0 Å². The van der Waals surface area contributed by atoms with Gasteiger partial charge in [0.1, 0.15) is 5.76 Å². The Morgan fingerprint density at radius 2 is 2.27 bits per heavy atom. The Labute approximate surface area is 150 Å². The monoisotopic (exact) mass is 349 g/mol. The van der Waals surface area contributed by atoms with Crippen LogP contribution in [-0.2, 0) is 12.8 Å². The SMILES string of the molecule is CCc1ocnc1C(=O)NC1CCCc2nc(-c3cccnc3)ncc21. The van der Waals surface area contributed by atoms with Crippen LogP contribution in [0.25, 0.3) is 11.4 Å². The number of pyridine rings is 1. The molecule has 7 nitrogen and oxygen atoms in total. The van der Waals surface area contributed by atoms with E-state index >= 15 is 0 Å². The van der Waals surface area contributed by atoms with Crippen LogP contribution < -0.4 is 5.32 Å². The number of oxazole rings is 1. The van der Waals surface area contributed by atoms with Gasteiger partial charge in [-0.15, -0.1) is 0 Å². The van der Waals surface area contributed by atoms with Crippen LogP contribution in [0.1, 0.15) is 53.3 Å². The van der Waals surface area contributed by atoms with Crippen molar-refractivity contribution in [1.82, 2.24) is 25.3 Å². The lowest BCUT2D eigenvalue weighted by Crippen LogP contribution is -2.32. The molecule has 1 aliphatic carbocycles. The molecule has 0 aliphatic heterocycles. The average molecular weight is 349 g/mol. The minimum Gasteiger partial charge on any atom is -0.448 e. The average Bonchev–Trinajstić information content (AvgIpc) is 3.17. The van der Waals surface area contributed by atoms with Crippen molar-refractivity contribution >= 4 is 5.91 Å². The Hall–Kier alpha value is -3.09. The first-order valence-electron chi connectivity index (χ1n) is 8.75. The Morgan fingerprint density at radius 3 is 3.08 bits per heavy atom. The summed E-state index contributed by atoms with van der Waals surface area (Å²) in [5.41, 5.74) is 3.19. The molecule has 0 saturated heterocycles. The maximum Gasteiger partial charge on any atom is 0.274 e. The Morgan fingerprint density at radius 1 is 1.35 bits per heavy atom. The van der Waals surface area contributed by atoms with Gasteiger partial charge in [-0.25, -0.2) is 15.0 Å². The number of aromatic nitrogens is 4. The van der Waals surface area contributed by atoms with Crippen molar-refractivity contribution in [3.8, 4) is 11.4 Å². The van der Waals surface area contributed by atoms with Crippen LogP contribution in [-0.4, -0.2) is 25.8 Å². The molecule has 1 aliphatic rings. The standard InChI is InChI=1S/C19H19N5O2/c1-2-16-17(22-11-26-16)19(25)24-15-7-3-6-14-13(15)10-21-18(23-14)12-5-4-8-20-9-12/h4-5,8-11,15H,2-3,6-7H2,1H3,(H,24,25). The zero-order valence-electron chi connectivity index (χ0n) is 14.5. The molecule has 1 amide bonds. The molecule has 0 spiro atoms. The second-order valence-electron chi connectivity index (χ2n) is 6.23. The maximum atomic E-state index is 12.6. The number of hydrogen-bond acceptors (Lipinski definition) is 6. The molecular formula is C19H19N5O2. The van der Waals surface area contributed by atoms with Crippen molar-refractivity contribution in [3.05, 3.63) is 59.8 Å². The summed E-state index contributed by atoms with van der Waals surface area (Å²) in [6.45, 7) is 1.93. The van der Waals surface area contributed by atoms with Gasteiger partial charge in [0.25, 0.3) is 5.91 Å². The quantitative estimate of drug-likeness (QED) is 0.778. The van der Waals surface area contributed by atoms with Gasteiger partial charge in [0, 0.05) is 41.8 Å². The van der Waals surface area contributed by atoms with Crippen molar-refractivity contribution in [1.29, 1.82) is 0 Å². The summed E-state index contributed by atoms with van der Waals surface area (Å²) in [5.74, 6) is 1.04. The number of carbonyl (C=O) groups is 1. The first kappa shape index (κ1) is 16.4. The molecule has 0 radical (unpaired) electrons. The molecular weight excluding hydrogens is 330 g/mol. The van der Waals surface area contributed by atoms with Crippen LogP contribution in [0.15, 0.2) is 41.5 Å². The molecule has 1 N–H and O–H groups in total. The number of nitrogens with zero attached hydrogens (tertiary/aromatic N) is 4. The van der Waals surface area contributed by atoms with Crippen molar-refractivity contribution < 1.29 is 9.21 Å². The van der Waals surface area contributed by atoms with Gasteiger partial charge < -0.3 is 9.73 Å². The molecule has 3 heterocycles. The maximum absolute atomic E-state index is 12.6. The summed E-state index contributed by atoms with van der Waals surface area (Å²) in [4.78, 5) is 29.9. The highest BCUT2D eigenvalue weighted by Crippen LogP contribution is 2.29. The number of amides is 1. The molecule has 0 fully saturated rings. The first-order valence-corrected chi connectivity index (χ1v) is 8.75. The van der Waals surface area contributed by atoms with Crippen LogP contribution in [0.4, 0.5) is 0 Å². The molecule has 1 unspecified atom stereocenters. The minimum atomic E-state index is -0.218. The van der Waals surface area contributed by atoms with Crippen LogP contribution in [0.2, 0.25) is 0 Å². The van der Waals surface area contributed by atoms with Crippen LogP contribution in [0, 0.1) is 0 Å². The molecule has 0 saturated carbocycles. The summed E-state index contributed by atoms with van der Waals surface area (Å²) < 4.78 is 5.26. The zero-order valence-corrected chi connectivity index (χ0v) is 14.5. The van der Waals surface area contributed by atoms with Gasteiger partial charge in [-0.05, 0) is 31.4 Å². The number of carbonyl (C=O) groups excluding carboxylic acids is 1. The number of rotatable bonds is 4. The van der Waals surface area contributed by atoms with Crippen LogP contribution in [0.5, 0.6) is 0 Å². The summed E-state index contributed by atoms with van der Waals surface area (Å²) in [6.07, 6.45) is 9.92. The third kappa shape index (κ3) is 3.08. The topological polar surface area (TPSA) is 93.8 Å². The largest absolute Gasteiger partial charge is 0.448 e. The van der Waals surface area contributed by atoms with Gasteiger partial charge in [0.05, 0.1) is 6.04 Å². The lowest BCUT2D eigenvalue weighted by Gasteiger charge is -2.25. The van der Waals surface area contributed by atoms with Gasteiger partial charge in [-0.3, -0.25) is 9.78 Å². The molecule has 132 valence electrons. The molecule has 3 aromatic heterocycles. The van der Waals surface area contributed by atoms with E-state index in [2.05, 4.69) is 20.3 Å². The highest BCUT2D eigenvalue weighted by molar-refractivity contribution is 5.93. The number of aryl methyl sites for hydroxylation is 2. The fraction of sp³-hybridized carbons (Fsp3) is 0.316. The lowest BCUT2D eigenvalue weighted by molar-refractivity contribution is 0.0926. The smallest absolute Gasteiger partial charge is 0.274 e. The van der Waals surface area contributed by atoms with E-state index < -0.39 is 0 Å². The highest BCUT2D eigenvalue weighted by Gasteiger charge is 2.26. The molecule has 4 rings (SSSR count). The minimum absolute atomic E-state index is 0.115. The van der Waals surface area contributed by atoms with Crippen LogP contribution >= 0.6 is 0 Å². The van der Waals surface area contributed by atoms with E-state index in [4.69, 9.17) is 9.40 Å². The lowest BCUT2D eigenvalue weighted by atomic mass is 9.92. The van der Waals surface area contributed by atoms with E-state index in [1.807, 2.05) is 25.3 Å². The molecule has 0 aromatic carbocycles. The fourth-order valence-electron chi connectivity index (χ4n) is 3.26. The zero-order chi connectivity index (χ0) is 17.9. The van der Waals surface area contributed by atoms with E-state index in [1.165, 1.54) is 6.39 Å². The van der Waals surface area contributed by atoms with E-state index in [0.717, 1.165) is 36.1 Å². The van der Waals surface area contributed by atoms with Gasteiger partial charge >= 0.3 is 0 Å². The van der Waals surface area contributed by atoms with Crippen molar-refractivity contribution in [2.45, 2.75) is 38.6 Å².